The lowest BCUT2D eigenvalue weighted by Crippen LogP contribution is -3.00. The maximum atomic E-state index is 5.75. The average Bonchev–Trinajstić information content (AvgIpc) is 2.26. The van der Waals surface area contributed by atoms with Crippen molar-refractivity contribution in [1.29, 1.82) is 0 Å². The quantitative estimate of drug-likeness (QED) is 0.186. The molecule has 0 saturated carbocycles. The number of aromatic nitrogens is 1. The number of anilines is 1. The Labute approximate surface area is 160 Å². The number of benzene rings is 2. The topological polar surface area (TPSA) is 38.9 Å². The molecule has 0 aliphatic carbocycles. The molecule has 2 nitrogen and oxygen atoms in total. The minimum atomic E-state index is 0. The van der Waals surface area contributed by atoms with Gasteiger partial charge in [-0.1, -0.05) is 12.1 Å². The normalized spacial score (nSPS) is 9.11. The first-order valence-corrected chi connectivity index (χ1v) is 5.53. The van der Waals surface area contributed by atoms with E-state index in [0.29, 0.717) is 0 Å². The van der Waals surface area contributed by atoms with Gasteiger partial charge in [0, 0.05) is 17.8 Å². The monoisotopic (exact) mass is 596 g/mol. The van der Waals surface area contributed by atoms with Crippen LogP contribution in [-0.4, -0.2) is 4.98 Å². The zero-order valence-electron chi connectivity index (χ0n) is 9.17. The summed E-state index contributed by atoms with van der Waals surface area (Å²) in [5.74, 6) is 0. The van der Waals surface area contributed by atoms with Gasteiger partial charge in [0.15, 0.2) is 0 Å². The molecule has 0 radical (unpaired) electrons. The Kier molecular flexibility index (Phi) is 8.10. The fourth-order valence-corrected chi connectivity index (χ4v) is 2.60. The summed E-state index contributed by atoms with van der Waals surface area (Å²) in [5, 5.41) is 0. The van der Waals surface area contributed by atoms with Crippen LogP contribution in [0.25, 0.3) is 20.4 Å². The van der Waals surface area contributed by atoms with Gasteiger partial charge in [-0.05, 0) is 18.2 Å². The zero-order valence-corrected chi connectivity index (χ0v) is 16.8. The van der Waals surface area contributed by atoms with Crippen LogP contribution in [0, 0.1) is 0 Å². The summed E-state index contributed by atoms with van der Waals surface area (Å²) in [4.78, 5) is 4.57. The van der Waals surface area contributed by atoms with Gasteiger partial charge in [-0.15, -0.1) is 48.0 Å². The van der Waals surface area contributed by atoms with Crippen molar-refractivity contribution in [2.75, 3.05) is 5.73 Å². The third-order valence-corrected chi connectivity index (χ3v) is 3.42. The van der Waals surface area contributed by atoms with E-state index in [0.717, 1.165) is 21.4 Å². The van der Waals surface area contributed by atoms with Gasteiger partial charge in [-0.3, -0.25) is 0 Å². The van der Waals surface area contributed by atoms with Gasteiger partial charge in [0.1, 0.15) is 11.0 Å². The molecule has 0 fully saturated rings. The summed E-state index contributed by atoms with van der Waals surface area (Å²) < 4.78 is 2.32. The first-order valence-electron chi connectivity index (χ1n) is 4.71. The molecule has 0 amide bonds. The van der Waals surface area contributed by atoms with E-state index in [1.165, 1.54) is 4.70 Å². The molecule has 1 aromatic heterocycles. The van der Waals surface area contributed by atoms with E-state index in [1.54, 1.807) is 11.3 Å². The molecule has 0 bridgehead atoms. The fourth-order valence-electron chi connectivity index (χ4n) is 1.59. The van der Waals surface area contributed by atoms with Crippen molar-refractivity contribution in [3.8, 4) is 0 Å². The molecule has 0 atom stereocenters. The molecule has 2 N–H and O–H groups in total. The second-order valence-corrected chi connectivity index (χ2v) is 4.49. The molecule has 3 aromatic rings. The van der Waals surface area contributed by atoms with Crippen LogP contribution in [-0.2, 0) is 0 Å². The highest BCUT2D eigenvalue weighted by molar-refractivity contribution is 14.0. The summed E-state index contributed by atoms with van der Waals surface area (Å²) in [5.41, 5.74) is 8.58. The number of nitrogens with zero attached hydrogens (tertiary/aromatic N) is 1. The van der Waals surface area contributed by atoms with Crippen molar-refractivity contribution < 1.29 is 24.0 Å². The van der Waals surface area contributed by atoms with E-state index in [1.807, 2.05) is 36.4 Å². The molecular formula is C12H11I3N2S. The Morgan fingerprint density at radius 2 is 1.56 bits per heavy atom. The summed E-state index contributed by atoms with van der Waals surface area (Å²) >= 11 is 1.72. The predicted molar refractivity (Wildman–Crippen MR) is 96.8 cm³/mol. The number of fused-ring (bicyclic) bond motifs is 2. The zero-order chi connectivity index (χ0) is 10.3. The standard InChI is InChI=1S/C12H9N2S.3HI/c13-8-5-6-10-12(7-8)15-11-4-2-1-3-9(11)14-10;;;/h1-7H,13H2;3*1H/q+1;;;/p-1. The number of rotatable bonds is 0. The number of para-hydroxylation sites is 1. The molecule has 0 unspecified atom stereocenters. The Balaban J connectivity index is 0.000000963. The first kappa shape index (κ1) is 18.4. The van der Waals surface area contributed by atoms with Gasteiger partial charge < -0.3 is 29.7 Å². The third-order valence-electron chi connectivity index (χ3n) is 2.31. The van der Waals surface area contributed by atoms with Crippen LogP contribution in [0.15, 0.2) is 42.5 Å². The molecule has 0 aliphatic rings. The van der Waals surface area contributed by atoms with Gasteiger partial charge in [-0.25, -0.2) is 4.98 Å². The Morgan fingerprint density at radius 1 is 0.889 bits per heavy atom. The smallest absolute Gasteiger partial charge is 0.259 e. The number of nitrogen functional groups attached to an aromatic ring is 1. The SMILES string of the molecule is I.I.Nc1ccc2nc3ccccc3[s+]c2c1.[I-]. The number of hydrogen-bond donors (Lipinski definition) is 1. The average molecular weight is 596 g/mol. The van der Waals surface area contributed by atoms with Crippen molar-refractivity contribution >= 4 is 85.4 Å². The molecule has 2 aromatic carbocycles. The van der Waals surface area contributed by atoms with Gasteiger partial charge in [0.05, 0.1) is 0 Å². The summed E-state index contributed by atoms with van der Waals surface area (Å²) in [6.45, 7) is 0. The molecule has 96 valence electrons. The first-order chi connectivity index (χ1) is 7.33. The molecule has 0 saturated heterocycles. The minimum absolute atomic E-state index is 0. The maximum absolute atomic E-state index is 5.75. The van der Waals surface area contributed by atoms with Crippen LogP contribution >= 0.6 is 59.3 Å². The summed E-state index contributed by atoms with van der Waals surface area (Å²) in [6.07, 6.45) is 0. The summed E-state index contributed by atoms with van der Waals surface area (Å²) in [7, 11) is 0. The second-order valence-electron chi connectivity index (χ2n) is 3.41. The Hall–Kier alpha value is 0.450. The highest BCUT2D eigenvalue weighted by atomic mass is 127. The molecule has 6 heteroatoms. The molecule has 1 heterocycles. The maximum Gasteiger partial charge on any atom is 0.259 e. The lowest BCUT2D eigenvalue weighted by molar-refractivity contribution is -0.00000304. The highest BCUT2D eigenvalue weighted by Gasteiger charge is 2.11. The van der Waals surface area contributed by atoms with E-state index >= 15 is 0 Å². The van der Waals surface area contributed by atoms with Crippen LogP contribution < -0.4 is 29.7 Å². The van der Waals surface area contributed by atoms with E-state index < -0.39 is 0 Å². The van der Waals surface area contributed by atoms with Crippen molar-refractivity contribution in [3.05, 3.63) is 42.5 Å². The van der Waals surface area contributed by atoms with E-state index in [9.17, 15) is 0 Å². The van der Waals surface area contributed by atoms with E-state index in [-0.39, 0.29) is 71.9 Å². The Bertz CT molecular complexity index is 661. The molecule has 0 spiro atoms. The van der Waals surface area contributed by atoms with Crippen molar-refractivity contribution in [1.82, 2.24) is 4.98 Å². The van der Waals surface area contributed by atoms with Crippen LogP contribution in [0.4, 0.5) is 5.69 Å². The van der Waals surface area contributed by atoms with E-state index in [2.05, 4.69) is 11.1 Å². The largest absolute Gasteiger partial charge is 1.00 e. The summed E-state index contributed by atoms with van der Waals surface area (Å²) in [6, 6.07) is 14.0. The lowest BCUT2D eigenvalue weighted by atomic mass is 10.3. The molecule has 18 heavy (non-hydrogen) atoms. The van der Waals surface area contributed by atoms with Crippen molar-refractivity contribution in [2.45, 2.75) is 0 Å². The Morgan fingerprint density at radius 3 is 2.33 bits per heavy atom. The predicted octanol–water partition coefficient (Wildman–Crippen LogP) is 1.55. The lowest BCUT2D eigenvalue weighted by Gasteiger charge is -1.92. The van der Waals surface area contributed by atoms with Gasteiger partial charge >= 0.3 is 0 Å². The van der Waals surface area contributed by atoms with Gasteiger partial charge in [0.25, 0.3) is 9.40 Å². The van der Waals surface area contributed by atoms with Crippen LogP contribution in [0.3, 0.4) is 0 Å². The van der Waals surface area contributed by atoms with Crippen molar-refractivity contribution in [3.63, 3.8) is 0 Å². The molecule has 0 aliphatic heterocycles. The van der Waals surface area contributed by atoms with Gasteiger partial charge in [-0.2, -0.15) is 0 Å². The van der Waals surface area contributed by atoms with Crippen LogP contribution in [0.2, 0.25) is 0 Å². The molecule has 3 rings (SSSR count). The third kappa shape index (κ3) is 3.73. The van der Waals surface area contributed by atoms with Crippen molar-refractivity contribution in [2.24, 2.45) is 0 Å². The molecular weight excluding hydrogens is 585 g/mol. The van der Waals surface area contributed by atoms with Crippen LogP contribution in [0.5, 0.6) is 0 Å². The van der Waals surface area contributed by atoms with E-state index in [4.69, 9.17) is 5.73 Å². The fraction of sp³-hybridized carbons (Fsp3) is 0. The minimum Gasteiger partial charge on any atom is -1.00 e. The van der Waals surface area contributed by atoms with Crippen LogP contribution in [0.1, 0.15) is 0 Å². The number of hydrogen-bond acceptors (Lipinski definition) is 2. The number of halogens is 3. The second kappa shape index (κ2) is 7.90. The van der Waals surface area contributed by atoms with Gasteiger partial charge in [0.2, 0.25) is 11.3 Å². The number of nitrogens with two attached hydrogens (primary N) is 1. The highest BCUT2D eigenvalue weighted by Crippen LogP contribution is 2.26.